The third kappa shape index (κ3) is 7.30. The summed E-state index contributed by atoms with van der Waals surface area (Å²) in [5.41, 5.74) is -0.806. The summed E-state index contributed by atoms with van der Waals surface area (Å²) < 4.78 is 5.09. The molecule has 0 spiro atoms. The Morgan fingerprint density at radius 2 is 1.67 bits per heavy atom. The van der Waals surface area contributed by atoms with E-state index in [0.717, 1.165) is 12.8 Å². The Morgan fingerprint density at radius 3 is 2.11 bits per heavy atom. The van der Waals surface area contributed by atoms with Crippen molar-refractivity contribution >= 4 is 11.9 Å². The number of alkyl carbamates (subject to hydrolysis) is 1. The number of carbonyl (C=O) groups excluding carboxylic acids is 2. The van der Waals surface area contributed by atoms with E-state index in [2.05, 4.69) is 12.2 Å². The Labute approximate surface area is 110 Å². The van der Waals surface area contributed by atoms with Gasteiger partial charge in [0.05, 0.1) is 0 Å². The molecule has 0 aliphatic heterocycles. The van der Waals surface area contributed by atoms with Crippen molar-refractivity contribution in [3.8, 4) is 0 Å². The number of carbonyl (C=O) groups is 2. The minimum absolute atomic E-state index is 0.181. The fourth-order valence-electron chi connectivity index (χ4n) is 1.70. The van der Waals surface area contributed by atoms with Crippen LogP contribution in [0, 0.1) is 5.41 Å². The largest absolute Gasteiger partial charge is 0.444 e. The van der Waals surface area contributed by atoms with Gasteiger partial charge in [-0.1, -0.05) is 27.2 Å². The van der Waals surface area contributed by atoms with Gasteiger partial charge in [-0.25, -0.2) is 4.79 Å². The summed E-state index contributed by atoms with van der Waals surface area (Å²) in [7, 11) is 0. The van der Waals surface area contributed by atoms with Gasteiger partial charge in [0.2, 0.25) is 0 Å². The quantitative estimate of drug-likeness (QED) is 0.794. The number of Topliss-reactive ketones (excluding diaryl/α,β-unsaturated/α-hetero) is 1. The second kappa shape index (κ2) is 6.76. The number of amides is 1. The molecule has 0 heterocycles. The molecule has 0 saturated carbocycles. The lowest BCUT2D eigenvalue weighted by Gasteiger charge is -2.23. The van der Waals surface area contributed by atoms with E-state index in [1.807, 2.05) is 34.6 Å². The van der Waals surface area contributed by atoms with Gasteiger partial charge in [-0.2, -0.15) is 0 Å². The maximum absolute atomic E-state index is 11.9. The Bertz CT molecular complexity index is 290. The summed E-state index contributed by atoms with van der Waals surface area (Å²) in [6.07, 6.45) is 1.74. The van der Waals surface area contributed by atoms with E-state index in [1.165, 1.54) is 0 Å². The van der Waals surface area contributed by atoms with Crippen LogP contribution in [-0.4, -0.2) is 24.0 Å². The van der Waals surface area contributed by atoms with Crippen LogP contribution in [0.5, 0.6) is 0 Å². The van der Waals surface area contributed by atoms with E-state index in [-0.39, 0.29) is 11.2 Å². The molecule has 4 heteroatoms. The molecule has 0 bridgehead atoms. The van der Waals surface area contributed by atoms with Gasteiger partial charge in [0.1, 0.15) is 11.4 Å². The van der Waals surface area contributed by atoms with Crippen LogP contribution in [-0.2, 0) is 9.53 Å². The first-order valence-corrected chi connectivity index (χ1v) is 6.58. The summed E-state index contributed by atoms with van der Waals surface area (Å²) in [5.74, 6) is 0.181. The molecule has 0 aliphatic rings. The molecule has 0 aromatic heterocycles. The fourth-order valence-corrected chi connectivity index (χ4v) is 1.70. The van der Waals surface area contributed by atoms with Crippen LogP contribution in [0.25, 0.3) is 0 Å². The number of hydrogen-bond donors (Lipinski definition) is 1. The molecule has 0 fully saturated rings. The molecule has 0 radical (unpaired) electrons. The van der Waals surface area contributed by atoms with Gasteiger partial charge < -0.3 is 10.1 Å². The highest BCUT2D eigenvalue weighted by molar-refractivity contribution is 5.84. The Morgan fingerprint density at radius 1 is 1.11 bits per heavy atom. The lowest BCUT2D eigenvalue weighted by atomic mass is 9.82. The van der Waals surface area contributed by atoms with Gasteiger partial charge >= 0.3 is 6.09 Å². The lowest BCUT2D eigenvalue weighted by molar-refractivity contribution is -0.127. The highest BCUT2D eigenvalue weighted by Gasteiger charge is 2.25. The summed E-state index contributed by atoms with van der Waals surface area (Å²) in [5, 5.41) is 2.60. The third-order valence-electron chi connectivity index (χ3n) is 2.65. The van der Waals surface area contributed by atoms with Crippen LogP contribution in [0.15, 0.2) is 0 Å². The Hall–Kier alpha value is -1.06. The second-order valence-electron chi connectivity index (χ2n) is 6.24. The Kier molecular flexibility index (Phi) is 6.36. The molecule has 0 saturated heterocycles. The van der Waals surface area contributed by atoms with Gasteiger partial charge in [-0.3, -0.25) is 4.79 Å². The maximum atomic E-state index is 11.9. The molecule has 0 aromatic rings. The average Bonchev–Trinajstić information content (AvgIpc) is 2.14. The van der Waals surface area contributed by atoms with E-state index >= 15 is 0 Å². The third-order valence-corrected chi connectivity index (χ3v) is 2.65. The highest BCUT2D eigenvalue weighted by atomic mass is 16.6. The Balaban J connectivity index is 3.98. The van der Waals surface area contributed by atoms with Crippen LogP contribution in [0.1, 0.15) is 60.8 Å². The zero-order chi connectivity index (χ0) is 14.4. The molecule has 0 unspecified atom stereocenters. The van der Waals surface area contributed by atoms with Crippen molar-refractivity contribution < 1.29 is 14.3 Å². The number of ether oxygens (including phenoxy) is 1. The molecule has 4 nitrogen and oxygen atoms in total. The van der Waals surface area contributed by atoms with E-state index in [4.69, 9.17) is 4.74 Å². The summed E-state index contributed by atoms with van der Waals surface area (Å²) >= 11 is 0. The van der Waals surface area contributed by atoms with Crippen molar-refractivity contribution in [2.45, 2.75) is 66.4 Å². The van der Waals surface area contributed by atoms with Crippen LogP contribution in [0.4, 0.5) is 4.79 Å². The standard InChI is InChI=1S/C14H27NO3/c1-7-9-14(5,6)11(16)8-10-15-12(17)18-13(2,3)4/h7-10H2,1-6H3,(H,15,17). The first-order valence-electron chi connectivity index (χ1n) is 6.58. The van der Waals surface area contributed by atoms with Gasteiger partial charge in [-0.15, -0.1) is 0 Å². The van der Waals surface area contributed by atoms with Crippen LogP contribution < -0.4 is 5.32 Å². The zero-order valence-corrected chi connectivity index (χ0v) is 12.6. The highest BCUT2D eigenvalue weighted by Crippen LogP contribution is 2.24. The molecule has 1 N–H and O–H groups in total. The number of nitrogens with one attached hydrogen (secondary N) is 1. The summed E-state index contributed by atoms with van der Waals surface area (Å²) in [6, 6.07) is 0. The number of hydrogen-bond acceptors (Lipinski definition) is 3. The van der Waals surface area contributed by atoms with Crippen molar-refractivity contribution in [3.05, 3.63) is 0 Å². The topological polar surface area (TPSA) is 55.4 Å². The van der Waals surface area contributed by atoms with Crippen molar-refractivity contribution in [3.63, 3.8) is 0 Å². The van der Waals surface area contributed by atoms with Gasteiger partial charge in [0.25, 0.3) is 0 Å². The monoisotopic (exact) mass is 257 g/mol. The smallest absolute Gasteiger partial charge is 0.407 e. The first-order chi connectivity index (χ1) is 8.08. The number of ketones is 1. The summed E-state index contributed by atoms with van der Waals surface area (Å²) in [6.45, 7) is 11.7. The average molecular weight is 257 g/mol. The van der Waals surface area contributed by atoms with Crippen molar-refractivity contribution in [1.82, 2.24) is 5.32 Å². The van der Waals surface area contributed by atoms with E-state index in [0.29, 0.717) is 13.0 Å². The molecule has 0 aromatic carbocycles. The number of rotatable bonds is 6. The van der Waals surface area contributed by atoms with Crippen molar-refractivity contribution in [1.29, 1.82) is 0 Å². The minimum atomic E-state index is -0.504. The minimum Gasteiger partial charge on any atom is -0.444 e. The van der Waals surface area contributed by atoms with Crippen LogP contribution in [0.2, 0.25) is 0 Å². The van der Waals surface area contributed by atoms with Gasteiger partial charge in [0.15, 0.2) is 0 Å². The van der Waals surface area contributed by atoms with Crippen molar-refractivity contribution in [2.24, 2.45) is 5.41 Å². The maximum Gasteiger partial charge on any atom is 0.407 e. The normalized spacial score (nSPS) is 12.1. The fraction of sp³-hybridized carbons (Fsp3) is 0.857. The molecule has 0 aliphatic carbocycles. The van der Waals surface area contributed by atoms with E-state index < -0.39 is 11.7 Å². The molecular weight excluding hydrogens is 230 g/mol. The van der Waals surface area contributed by atoms with Crippen LogP contribution in [0.3, 0.4) is 0 Å². The SMILES string of the molecule is CCCC(C)(C)C(=O)CCNC(=O)OC(C)(C)C. The zero-order valence-electron chi connectivity index (χ0n) is 12.6. The van der Waals surface area contributed by atoms with Gasteiger partial charge in [0, 0.05) is 18.4 Å². The molecular formula is C14H27NO3. The predicted molar refractivity (Wildman–Crippen MR) is 72.5 cm³/mol. The molecule has 1 amide bonds. The van der Waals surface area contributed by atoms with E-state index in [1.54, 1.807) is 0 Å². The second-order valence-corrected chi connectivity index (χ2v) is 6.24. The molecule has 0 rings (SSSR count). The van der Waals surface area contributed by atoms with Crippen LogP contribution >= 0.6 is 0 Å². The molecule has 106 valence electrons. The van der Waals surface area contributed by atoms with Gasteiger partial charge in [-0.05, 0) is 27.2 Å². The van der Waals surface area contributed by atoms with Crippen molar-refractivity contribution in [2.75, 3.05) is 6.54 Å². The first kappa shape index (κ1) is 16.9. The van der Waals surface area contributed by atoms with E-state index in [9.17, 15) is 9.59 Å². The summed E-state index contributed by atoms with van der Waals surface area (Å²) in [4.78, 5) is 23.3. The molecule has 0 atom stereocenters. The lowest BCUT2D eigenvalue weighted by Crippen LogP contribution is -2.35. The molecule has 18 heavy (non-hydrogen) atoms. The predicted octanol–water partition coefficient (Wildman–Crippen LogP) is 3.30.